The Kier molecular flexibility index (Phi) is 6.29. The fraction of sp³-hybridized carbons (Fsp3) is 0.294. The Bertz CT molecular complexity index is 743. The van der Waals surface area contributed by atoms with Crippen LogP contribution < -0.4 is 5.32 Å². The number of carbonyl (C=O) groups excluding carboxylic acids is 2. The molecule has 1 heterocycles. The molecule has 0 atom stereocenters. The first-order valence-electron chi connectivity index (χ1n) is 7.49. The molecule has 0 bridgehead atoms. The maximum atomic E-state index is 12.3. The fourth-order valence-corrected chi connectivity index (χ4v) is 2.46. The minimum absolute atomic E-state index is 0.0349. The average Bonchev–Trinajstić information content (AvgIpc) is 3.04. The molecule has 1 aromatic carbocycles. The van der Waals surface area contributed by atoms with E-state index in [1.165, 1.54) is 4.90 Å². The van der Waals surface area contributed by atoms with Gasteiger partial charge in [0, 0.05) is 24.2 Å². The highest BCUT2D eigenvalue weighted by Crippen LogP contribution is 2.31. The zero-order chi connectivity index (χ0) is 17.7. The highest BCUT2D eigenvalue weighted by atomic mass is 35.5. The first-order chi connectivity index (χ1) is 11.4. The summed E-state index contributed by atoms with van der Waals surface area (Å²) in [4.78, 5) is 25.3. The summed E-state index contributed by atoms with van der Waals surface area (Å²) in [5.41, 5.74) is 0.603. The van der Waals surface area contributed by atoms with Gasteiger partial charge in [0.25, 0.3) is 5.91 Å². The number of carbonyl (C=O) groups is 2. The van der Waals surface area contributed by atoms with Crippen LogP contribution in [0.2, 0.25) is 10.0 Å². The second kappa shape index (κ2) is 8.22. The molecule has 2 amide bonds. The number of amides is 2. The number of furan rings is 1. The topological polar surface area (TPSA) is 62.6 Å². The number of likely N-dealkylation sites (N-methyl/N-ethyl adjacent to an activating group) is 1. The molecule has 0 aliphatic rings. The van der Waals surface area contributed by atoms with E-state index in [2.05, 4.69) is 5.32 Å². The second-order valence-electron chi connectivity index (χ2n) is 5.30. The third-order valence-electron chi connectivity index (χ3n) is 3.31. The minimum Gasteiger partial charge on any atom is -0.451 e. The maximum Gasteiger partial charge on any atom is 0.289 e. The van der Waals surface area contributed by atoms with E-state index in [1.807, 2.05) is 6.92 Å². The van der Waals surface area contributed by atoms with E-state index in [1.54, 1.807) is 37.4 Å². The average molecular weight is 369 g/mol. The molecule has 0 aliphatic heterocycles. The number of rotatable bonds is 6. The highest BCUT2D eigenvalue weighted by molar-refractivity contribution is 6.35. The van der Waals surface area contributed by atoms with Crippen molar-refractivity contribution in [1.82, 2.24) is 10.2 Å². The van der Waals surface area contributed by atoms with Crippen molar-refractivity contribution in [2.45, 2.75) is 13.3 Å². The van der Waals surface area contributed by atoms with Crippen molar-refractivity contribution in [3.05, 3.63) is 46.1 Å². The number of hydrogen-bond donors (Lipinski definition) is 1. The van der Waals surface area contributed by atoms with Crippen LogP contribution in [0.3, 0.4) is 0 Å². The van der Waals surface area contributed by atoms with Gasteiger partial charge < -0.3 is 14.6 Å². The molecule has 0 saturated carbocycles. The molecule has 0 aliphatic carbocycles. The Labute approximate surface area is 150 Å². The van der Waals surface area contributed by atoms with Crippen LogP contribution in [0.4, 0.5) is 0 Å². The molecule has 0 saturated heterocycles. The van der Waals surface area contributed by atoms with Crippen LogP contribution in [0.15, 0.2) is 34.7 Å². The Balaban J connectivity index is 2.10. The van der Waals surface area contributed by atoms with Gasteiger partial charge >= 0.3 is 0 Å². The van der Waals surface area contributed by atoms with Gasteiger partial charge in [-0.15, -0.1) is 0 Å². The molecule has 0 fully saturated rings. The van der Waals surface area contributed by atoms with Gasteiger partial charge in [0.05, 0.1) is 11.6 Å². The van der Waals surface area contributed by atoms with Crippen LogP contribution in [0.1, 0.15) is 23.9 Å². The SMILES string of the molecule is CCCNC(=O)CN(C)C(=O)c1ccc(-c2cc(Cl)ccc2Cl)o1. The van der Waals surface area contributed by atoms with Crippen LogP contribution in [0.5, 0.6) is 0 Å². The van der Waals surface area contributed by atoms with Gasteiger partial charge in [-0.3, -0.25) is 9.59 Å². The van der Waals surface area contributed by atoms with Crippen molar-refractivity contribution >= 4 is 35.0 Å². The van der Waals surface area contributed by atoms with Gasteiger partial charge in [0.15, 0.2) is 5.76 Å². The molecular formula is C17H18Cl2N2O3. The molecule has 5 nitrogen and oxygen atoms in total. The number of benzene rings is 1. The fourth-order valence-electron chi connectivity index (χ4n) is 2.08. The first-order valence-corrected chi connectivity index (χ1v) is 8.25. The van der Waals surface area contributed by atoms with Crippen LogP contribution in [-0.4, -0.2) is 36.9 Å². The lowest BCUT2D eigenvalue weighted by atomic mass is 10.2. The van der Waals surface area contributed by atoms with E-state index >= 15 is 0 Å². The number of halogens is 2. The lowest BCUT2D eigenvalue weighted by molar-refractivity contribution is -0.121. The normalized spacial score (nSPS) is 10.5. The summed E-state index contributed by atoms with van der Waals surface area (Å²) in [5, 5.41) is 3.71. The standard InChI is InChI=1S/C17H18Cl2N2O3/c1-3-8-20-16(22)10-21(2)17(23)15-7-6-14(24-15)12-9-11(18)4-5-13(12)19/h4-7,9H,3,8,10H2,1-2H3,(H,20,22). The van der Waals surface area contributed by atoms with Gasteiger partial charge in [-0.25, -0.2) is 0 Å². The van der Waals surface area contributed by atoms with Crippen molar-refractivity contribution in [2.75, 3.05) is 20.1 Å². The summed E-state index contributed by atoms with van der Waals surface area (Å²) in [7, 11) is 1.54. The van der Waals surface area contributed by atoms with Gasteiger partial charge in [-0.2, -0.15) is 0 Å². The number of hydrogen-bond acceptors (Lipinski definition) is 3. The van der Waals surface area contributed by atoms with E-state index < -0.39 is 0 Å². The summed E-state index contributed by atoms with van der Waals surface area (Å²) in [6.45, 7) is 2.51. The second-order valence-corrected chi connectivity index (χ2v) is 6.14. The van der Waals surface area contributed by atoms with Crippen LogP contribution in [-0.2, 0) is 4.79 Å². The third kappa shape index (κ3) is 4.52. The summed E-state index contributed by atoms with van der Waals surface area (Å²) < 4.78 is 5.59. The molecule has 7 heteroatoms. The van der Waals surface area contributed by atoms with Gasteiger partial charge in [0.2, 0.25) is 5.91 Å². The van der Waals surface area contributed by atoms with E-state index in [0.29, 0.717) is 27.9 Å². The smallest absolute Gasteiger partial charge is 0.289 e. The maximum absolute atomic E-state index is 12.3. The van der Waals surface area contributed by atoms with Crippen molar-refractivity contribution < 1.29 is 14.0 Å². The predicted octanol–water partition coefficient (Wildman–Crippen LogP) is 3.85. The van der Waals surface area contributed by atoms with Crippen LogP contribution in [0.25, 0.3) is 11.3 Å². The lowest BCUT2D eigenvalue weighted by Gasteiger charge is -2.15. The monoisotopic (exact) mass is 368 g/mol. The molecule has 2 rings (SSSR count). The van der Waals surface area contributed by atoms with E-state index in [-0.39, 0.29) is 24.1 Å². The lowest BCUT2D eigenvalue weighted by Crippen LogP contribution is -2.38. The Hall–Kier alpha value is -1.98. The van der Waals surface area contributed by atoms with Crippen molar-refractivity contribution in [3.63, 3.8) is 0 Å². The number of nitrogens with zero attached hydrogens (tertiary/aromatic N) is 1. The Morgan fingerprint density at radius 2 is 1.96 bits per heavy atom. The molecule has 0 unspecified atom stereocenters. The molecule has 1 aromatic heterocycles. The van der Waals surface area contributed by atoms with E-state index in [9.17, 15) is 9.59 Å². The molecular weight excluding hydrogens is 351 g/mol. The molecule has 24 heavy (non-hydrogen) atoms. The molecule has 2 aromatic rings. The third-order valence-corrected chi connectivity index (χ3v) is 3.87. The highest BCUT2D eigenvalue weighted by Gasteiger charge is 2.19. The quantitative estimate of drug-likeness (QED) is 0.841. The van der Waals surface area contributed by atoms with E-state index in [4.69, 9.17) is 27.6 Å². The largest absolute Gasteiger partial charge is 0.451 e. The molecule has 0 spiro atoms. The van der Waals surface area contributed by atoms with Crippen molar-refractivity contribution in [1.29, 1.82) is 0 Å². The zero-order valence-corrected chi connectivity index (χ0v) is 14.9. The van der Waals surface area contributed by atoms with Gasteiger partial charge in [-0.05, 0) is 36.8 Å². The summed E-state index contributed by atoms with van der Waals surface area (Å²) in [6.07, 6.45) is 0.839. The first kappa shape index (κ1) is 18.4. The molecule has 0 radical (unpaired) electrons. The van der Waals surface area contributed by atoms with E-state index in [0.717, 1.165) is 6.42 Å². The van der Waals surface area contributed by atoms with Gasteiger partial charge in [-0.1, -0.05) is 30.1 Å². The molecule has 1 N–H and O–H groups in total. The summed E-state index contributed by atoms with van der Waals surface area (Å²) in [6, 6.07) is 8.20. The number of nitrogens with one attached hydrogen (secondary N) is 1. The Morgan fingerprint density at radius 3 is 2.67 bits per heavy atom. The Morgan fingerprint density at radius 1 is 1.21 bits per heavy atom. The van der Waals surface area contributed by atoms with Crippen molar-refractivity contribution in [2.24, 2.45) is 0 Å². The summed E-state index contributed by atoms with van der Waals surface area (Å²) >= 11 is 12.1. The summed E-state index contributed by atoms with van der Waals surface area (Å²) in [5.74, 6) is -0.0232. The van der Waals surface area contributed by atoms with Crippen LogP contribution >= 0.6 is 23.2 Å². The van der Waals surface area contributed by atoms with Crippen LogP contribution in [0, 0.1) is 0 Å². The predicted molar refractivity (Wildman–Crippen MR) is 94.4 cm³/mol. The minimum atomic E-state index is -0.383. The zero-order valence-electron chi connectivity index (χ0n) is 13.4. The van der Waals surface area contributed by atoms with Crippen molar-refractivity contribution in [3.8, 4) is 11.3 Å². The molecule has 128 valence electrons. The van der Waals surface area contributed by atoms with Gasteiger partial charge in [0.1, 0.15) is 5.76 Å².